The minimum absolute atomic E-state index is 0.624. The monoisotopic (exact) mass is 1540 g/mol. The molecule has 0 unspecified atom stereocenters. The second-order valence-electron chi connectivity index (χ2n) is 29.7. The van der Waals surface area contributed by atoms with Crippen molar-refractivity contribution >= 4 is 107 Å². The Labute approximate surface area is 688 Å². The Bertz CT molecular complexity index is 7640. The van der Waals surface area contributed by atoms with Gasteiger partial charge in [0, 0.05) is 107 Å². The van der Waals surface area contributed by atoms with Crippen LogP contribution in [0, 0.1) is 0 Å². The Kier molecular flexibility index (Phi) is 17.5. The molecule has 0 saturated heterocycles. The third-order valence-electron chi connectivity index (χ3n) is 22.5. The van der Waals surface area contributed by atoms with Crippen LogP contribution >= 0.6 is 22.7 Å². The molecule has 0 N–H and O–H groups in total. The van der Waals surface area contributed by atoms with Crippen LogP contribution in [0.2, 0.25) is 0 Å². The van der Waals surface area contributed by atoms with E-state index in [0.717, 1.165) is 100 Å². The molecule has 10 heteroatoms. The molecular weight excluding hydrogens is 1470 g/mol. The van der Waals surface area contributed by atoms with E-state index in [0.29, 0.717) is 34.9 Å². The highest BCUT2D eigenvalue weighted by molar-refractivity contribution is 7.26. The predicted molar refractivity (Wildman–Crippen MR) is 494 cm³/mol. The van der Waals surface area contributed by atoms with E-state index >= 15 is 0 Å². The fourth-order valence-corrected chi connectivity index (χ4v) is 19.0. The minimum Gasteiger partial charge on any atom is -0.309 e. The van der Waals surface area contributed by atoms with E-state index in [1.807, 2.05) is 6.07 Å². The lowest BCUT2D eigenvalue weighted by Crippen LogP contribution is -2.00. The van der Waals surface area contributed by atoms with E-state index in [-0.39, 0.29) is 0 Å². The lowest BCUT2D eigenvalue weighted by atomic mass is 9.96. The number of aromatic nitrogens is 8. The molecule has 6 aromatic heterocycles. The minimum atomic E-state index is 0.624. The molecule has 17 aromatic carbocycles. The van der Waals surface area contributed by atoms with Crippen LogP contribution in [0.25, 0.3) is 219 Å². The first kappa shape index (κ1) is 69.5. The van der Waals surface area contributed by atoms with Crippen molar-refractivity contribution in [3.8, 4) is 135 Å². The van der Waals surface area contributed by atoms with Crippen molar-refractivity contribution in [2.45, 2.75) is 0 Å². The first-order chi connectivity index (χ1) is 58.4. The zero-order valence-electron chi connectivity index (χ0n) is 63.7. The summed E-state index contributed by atoms with van der Waals surface area (Å²) in [5.74, 6) is 3.81. The van der Waals surface area contributed by atoms with E-state index in [1.54, 1.807) is 22.7 Å². The lowest BCUT2D eigenvalue weighted by Gasteiger charge is -2.13. The van der Waals surface area contributed by atoms with Crippen LogP contribution in [-0.2, 0) is 0 Å². The fraction of sp³-hybridized carbons (Fsp3) is 0. The Balaban J connectivity index is 0.000000143. The second kappa shape index (κ2) is 29.6. The SMILES string of the molecule is c1ccc(-c2cc(-c3ccccc3)cc(-c3nc(-c4ccc(-c5cccc(-n6c7ccccc7c7ccccc76)c5)cc4)nc(-c4ccc5c(c4)sc4ccccc45)n3)c2)cc1.c1ccc(-c2cccc(-c3nc(-c4ccc(-c5cccc(-n6c7ccccc7c7ccccc76)c5)cc4)nc(-c4ccc5c(c4)sc4ccccc45)n3)c2)cc1. The largest absolute Gasteiger partial charge is 0.309 e. The Morgan fingerprint density at radius 1 is 0.144 bits per heavy atom. The molecule has 0 fully saturated rings. The molecule has 23 rings (SSSR count). The highest BCUT2D eigenvalue weighted by Crippen LogP contribution is 2.43. The van der Waals surface area contributed by atoms with Crippen molar-refractivity contribution in [3.05, 3.63) is 413 Å². The van der Waals surface area contributed by atoms with Gasteiger partial charge in [0.15, 0.2) is 34.9 Å². The summed E-state index contributed by atoms with van der Waals surface area (Å²) < 4.78 is 9.68. The van der Waals surface area contributed by atoms with E-state index < -0.39 is 0 Å². The third kappa shape index (κ3) is 12.9. The molecule has 23 aromatic rings. The predicted octanol–water partition coefficient (Wildman–Crippen LogP) is 29.0. The molecule has 0 radical (unpaired) electrons. The van der Waals surface area contributed by atoms with Crippen LogP contribution in [0.4, 0.5) is 0 Å². The topological polar surface area (TPSA) is 87.2 Å². The first-order valence-corrected chi connectivity index (χ1v) is 41.2. The van der Waals surface area contributed by atoms with Crippen LogP contribution in [-0.4, -0.2) is 39.0 Å². The Morgan fingerprint density at radius 2 is 0.390 bits per heavy atom. The van der Waals surface area contributed by atoms with E-state index in [9.17, 15) is 0 Å². The van der Waals surface area contributed by atoms with Crippen molar-refractivity contribution < 1.29 is 0 Å². The van der Waals surface area contributed by atoms with Gasteiger partial charge in [0.25, 0.3) is 0 Å². The number of thiophene rings is 2. The van der Waals surface area contributed by atoms with Crippen molar-refractivity contribution in [1.82, 2.24) is 39.0 Å². The normalized spacial score (nSPS) is 11.6. The average Bonchev–Trinajstić information content (AvgIpc) is 1.54. The van der Waals surface area contributed by atoms with Gasteiger partial charge >= 0.3 is 0 Å². The summed E-state index contributed by atoms with van der Waals surface area (Å²) in [6.45, 7) is 0. The summed E-state index contributed by atoms with van der Waals surface area (Å²) in [6, 6.07) is 146. The highest BCUT2D eigenvalue weighted by Gasteiger charge is 2.21. The zero-order chi connectivity index (χ0) is 78.0. The molecular formula is C108H68N8S2. The molecule has 6 heterocycles. The maximum atomic E-state index is 5.25. The summed E-state index contributed by atoms with van der Waals surface area (Å²) in [4.78, 5) is 31.1. The molecule has 0 bridgehead atoms. The molecule has 8 nitrogen and oxygen atoms in total. The van der Waals surface area contributed by atoms with Crippen molar-refractivity contribution in [2.75, 3.05) is 0 Å². The molecule has 0 aliphatic carbocycles. The van der Waals surface area contributed by atoms with E-state index in [1.165, 1.54) is 84.0 Å². The zero-order valence-corrected chi connectivity index (χ0v) is 65.3. The summed E-state index contributed by atoms with van der Waals surface area (Å²) >= 11 is 3.60. The Hall–Kier alpha value is -15.2. The quantitative estimate of drug-likeness (QED) is 0.114. The smallest absolute Gasteiger partial charge is 0.164 e. The molecule has 0 saturated carbocycles. The van der Waals surface area contributed by atoms with Gasteiger partial charge in [0.1, 0.15) is 0 Å². The molecule has 552 valence electrons. The molecule has 0 amide bonds. The van der Waals surface area contributed by atoms with Gasteiger partial charge < -0.3 is 9.13 Å². The van der Waals surface area contributed by atoms with E-state index in [4.69, 9.17) is 29.9 Å². The molecule has 0 spiro atoms. The molecule has 0 aliphatic rings. The van der Waals surface area contributed by atoms with Crippen LogP contribution in [0.1, 0.15) is 0 Å². The number of fused-ring (bicyclic) bond motifs is 12. The maximum absolute atomic E-state index is 5.25. The molecule has 0 aliphatic heterocycles. The van der Waals surface area contributed by atoms with Gasteiger partial charge in [0.2, 0.25) is 0 Å². The molecule has 0 atom stereocenters. The maximum Gasteiger partial charge on any atom is 0.164 e. The first-order valence-electron chi connectivity index (χ1n) is 39.6. The van der Waals surface area contributed by atoms with Gasteiger partial charge in [-0.25, -0.2) is 29.9 Å². The summed E-state index contributed by atoms with van der Waals surface area (Å²) in [7, 11) is 0. The van der Waals surface area contributed by atoms with Gasteiger partial charge in [-0.3, -0.25) is 0 Å². The van der Waals surface area contributed by atoms with Gasteiger partial charge in [-0.1, -0.05) is 315 Å². The van der Waals surface area contributed by atoms with Crippen molar-refractivity contribution in [3.63, 3.8) is 0 Å². The number of nitrogens with zero attached hydrogens (tertiary/aromatic N) is 8. The third-order valence-corrected chi connectivity index (χ3v) is 24.8. The van der Waals surface area contributed by atoms with Crippen molar-refractivity contribution in [1.29, 1.82) is 0 Å². The molecule has 118 heavy (non-hydrogen) atoms. The van der Waals surface area contributed by atoms with E-state index in [2.05, 4.69) is 416 Å². The van der Waals surface area contributed by atoms with Gasteiger partial charge in [-0.05, 0) is 153 Å². The van der Waals surface area contributed by atoms with Gasteiger partial charge in [0.05, 0.1) is 22.1 Å². The highest BCUT2D eigenvalue weighted by atomic mass is 32.1. The number of rotatable bonds is 13. The van der Waals surface area contributed by atoms with Gasteiger partial charge in [-0.15, -0.1) is 22.7 Å². The standard InChI is InChI=1S/C57H36N4S.C51H32N4S/c1-3-14-37(15-4-1)43-32-44(38-16-5-2-6-17-38)34-45(33-43)57-59-55(58-56(60-57)42-30-31-50-49-22-9-12-25-53(49)62-54(50)36-42)40-28-26-39(27-29-40)41-18-13-19-46(35-41)61-51-23-10-7-20-47(51)48-21-8-11-24-52(48)61;1-2-12-33(13-3-1)36-14-10-16-38(30-36)50-52-49(53-51(54-50)39-28-29-44-43-20-6-9-23-47(43)56-48(44)32-39)35-26-24-34(25-27-35)37-15-11-17-40(31-37)55-45-21-7-4-18-41(45)42-19-5-8-22-46(42)55/h1-36H;1-32H. The number of hydrogen-bond acceptors (Lipinski definition) is 8. The summed E-state index contributed by atoms with van der Waals surface area (Å²) in [6.07, 6.45) is 0. The van der Waals surface area contributed by atoms with Crippen LogP contribution in [0.3, 0.4) is 0 Å². The van der Waals surface area contributed by atoms with Crippen molar-refractivity contribution in [2.24, 2.45) is 0 Å². The average molecular weight is 1540 g/mol. The summed E-state index contributed by atoms with van der Waals surface area (Å²) in [5.41, 5.74) is 23.9. The number of hydrogen-bond donors (Lipinski definition) is 0. The van der Waals surface area contributed by atoms with Crippen LogP contribution in [0.15, 0.2) is 413 Å². The fourth-order valence-electron chi connectivity index (χ4n) is 16.8. The number of benzene rings is 17. The van der Waals surface area contributed by atoms with Crippen LogP contribution in [0.5, 0.6) is 0 Å². The Morgan fingerprint density at radius 3 is 0.788 bits per heavy atom. The van der Waals surface area contributed by atoms with Crippen LogP contribution < -0.4 is 0 Å². The lowest BCUT2D eigenvalue weighted by molar-refractivity contribution is 1.07. The summed E-state index contributed by atoms with van der Waals surface area (Å²) in [5, 5.41) is 10.0. The van der Waals surface area contributed by atoms with Gasteiger partial charge in [-0.2, -0.15) is 0 Å². The number of para-hydroxylation sites is 4. The second-order valence-corrected chi connectivity index (χ2v) is 31.9.